The van der Waals surface area contributed by atoms with Gasteiger partial charge in [0.05, 0.1) is 6.04 Å². The highest BCUT2D eigenvalue weighted by Gasteiger charge is 2.12. The van der Waals surface area contributed by atoms with Crippen LogP contribution in [0.5, 0.6) is 0 Å². The molecule has 1 aromatic heterocycles. The molecule has 1 rings (SSSR count). The molecule has 0 bridgehead atoms. The number of ether oxygens (including phenoxy) is 1. The van der Waals surface area contributed by atoms with Gasteiger partial charge in [0.15, 0.2) is 0 Å². The summed E-state index contributed by atoms with van der Waals surface area (Å²) < 4.78 is 7.38. The number of aryl methyl sites for hydroxylation is 1. The Kier molecular flexibility index (Phi) is 5.36. The first-order chi connectivity index (χ1) is 7.29. The average molecular weight is 211 g/mol. The second-order valence-corrected chi connectivity index (χ2v) is 3.58. The second-order valence-electron chi connectivity index (χ2n) is 3.58. The van der Waals surface area contributed by atoms with Gasteiger partial charge in [0, 0.05) is 32.7 Å². The molecule has 1 N–H and O–H groups in total. The third-order valence-electron chi connectivity index (χ3n) is 2.50. The van der Waals surface area contributed by atoms with Crippen LogP contribution < -0.4 is 5.32 Å². The molecule has 0 aliphatic heterocycles. The van der Waals surface area contributed by atoms with Gasteiger partial charge in [-0.2, -0.15) is 0 Å². The number of nitrogens with one attached hydrogen (secondary N) is 1. The van der Waals surface area contributed by atoms with E-state index >= 15 is 0 Å². The van der Waals surface area contributed by atoms with Crippen LogP contribution in [0.2, 0.25) is 0 Å². The first-order valence-corrected chi connectivity index (χ1v) is 5.51. The van der Waals surface area contributed by atoms with E-state index in [0.29, 0.717) is 6.04 Å². The summed E-state index contributed by atoms with van der Waals surface area (Å²) >= 11 is 0. The molecule has 1 unspecified atom stereocenters. The predicted octanol–water partition coefficient (Wildman–Crippen LogP) is 1.50. The van der Waals surface area contributed by atoms with Crippen molar-refractivity contribution < 1.29 is 4.74 Å². The van der Waals surface area contributed by atoms with Gasteiger partial charge in [-0.15, -0.1) is 0 Å². The molecule has 0 fully saturated rings. The number of imidazole rings is 1. The quantitative estimate of drug-likeness (QED) is 0.695. The van der Waals surface area contributed by atoms with Gasteiger partial charge in [-0.1, -0.05) is 0 Å². The Labute approximate surface area is 91.7 Å². The summed E-state index contributed by atoms with van der Waals surface area (Å²) in [5.74, 6) is 1.09. The molecule has 0 amide bonds. The standard InChI is InChI=1S/C11H21N3O/c1-4-15-9-5-6-10(12-2)11-13-7-8-14(11)3/h7-8,10,12H,4-6,9H2,1-3H3. The van der Waals surface area contributed by atoms with E-state index in [1.807, 2.05) is 33.4 Å². The highest BCUT2D eigenvalue weighted by Crippen LogP contribution is 2.15. The first-order valence-electron chi connectivity index (χ1n) is 5.51. The lowest BCUT2D eigenvalue weighted by Crippen LogP contribution is -2.20. The smallest absolute Gasteiger partial charge is 0.125 e. The molecule has 0 aliphatic carbocycles. The van der Waals surface area contributed by atoms with Gasteiger partial charge in [-0.25, -0.2) is 4.98 Å². The lowest BCUT2D eigenvalue weighted by Gasteiger charge is -2.15. The Morgan fingerprint density at radius 3 is 2.93 bits per heavy atom. The van der Waals surface area contributed by atoms with E-state index in [0.717, 1.165) is 31.9 Å². The molecular formula is C11H21N3O. The minimum Gasteiger partial charge on any atom is -0.382 e. The predicted molar refractivity (Wildman–Crippen MR) is 60.7 cm³/mol. The summed E-state index contributed by atoms with van der Waals surface area (Å²) in [5.41, 5.74) is 0. The zero-order valence-corrected chi connectivity index (χ0v) is 9.86. The molecule has 4 nitrogen and oxygen atoms in total. The van der Waals surface area contributed by atoms with Crippen LogP contribution in [-0.4, -0.2) is 29.8 Å². The lowest BCUT2D eigenvalue weighted by atomic mass is 10.1. The summed E-state index contributed by atoms with van der Waals surface area (Å²) in [4.78, 5) is 4.35. The van der Waals surface area contributed by atoms with Crippen LogP contribution in [0.4, 0.5) is 0 Å². The molecular weight excluding hydrogens is 190 g/mol. The van der Waals surface area contributed by atoms with Gasteiger partial charge in [0.1, 0.15) is 5.82 Å². The van der Waals surface area contributed by atoms with Crippen molar-refractivity contribution in [3.05, 3.63) is 18.2 Å². The van der Waals surface area contributed by atoms with Crippen molar-refractivity contribution in [2.45, 2.75) is 25.8 Å². The minimum absolute atomic E-state index is 0.324. The Morgan fingerprint density at radius 2 is 2.40 bits per heavy atom. The van der Waals surface area contributed by atoms with Crippen LogP contribution in [0.3, 0.4) is 0 Å². The van der Waals surface area contributed by atoms with Gasteiger partial charge >= 0.3 is 0 Å². The number of aromatic nitrogens is 2. The van der Waals surface area contributed by atoms with E-state index < -0.39 is 0 Å². The fourth-order valence-electron chi connectivity index (χ4n) is 1.65. The van der Waals surface area contributed by atoms with Crippen LogP contribution in [0.25, 0.3) is 0 Å². The SMILES string of the molecule is CCOCCCC(NC)c1nccn1C. The van der Waals surface area contributed by atoms with Crippen molar-refractivity contribution in [3.8, 4) is 0 Å². The van der Waals surface area contributed by atoms with E-state index in [1.54, 1.807) is 0 Å². The van der Waals surface area contributed by atoms with Crippen LogP contribution >= 0.6 is 0 Å². The molecule has 0 saturated carbocycles. The summed E-state index contributed by atoms with van der Waals surface area (Å²) in [7, 11) is 4.00. The molecule has 1 aromatic rings. The largest absolute Gasteiger partial charge is 0.382 e. The molecule has 0 radical (unpaired) electrons. The molecule has 0 saturated heterocycles. The van der Waals surface area contributed by atoms with E-state index in [4.69, 9.17) is 4.74 Å². The zero-order valence-electron chi connectivity index (χ0n) is 9.86. The second kappa shape index (κ2) is 6.58. The van der Waals surface area contributed by atoms with Crippen molar-refractivity contribution in [2.75, 3.05) is 20.3 Å². The van der Waals surface area contributed by atoms with E-state index in [2.05, 4.69) is 14.9 Å². The third-order valence-corrected chi connectivity index (χ3v) is 2.50. The summed E-state index contributed by atoms with van der Waals surface area (Å²) in [5, 5.41) is 3.28. The third kappa shape index (κ3) is 3.64. The Bertz CT molecular complexity index is 273. The Morgan fingerprint density at radius 1 is 1.60 bits per heavy atom. The highest BCUT2D eigenvalue weighted by atomic mass is 16.5. The Balaban J connectivity index is 2.39. The normalized spacial score (nSPS) is 13.0. The minimum atomic E-state index is 0.324. The fourth-order valence-corrected chi connectivity index (χ4v) is 1.65. The molecule has 4 heteroatoms. The molecule has 15 heavy (non-hydrogen) atoms. The van der Waals surface area contributed by atoms with Gasteiger partial charge < -0.3 is 14.6 Å². The number of hydrogen-bond acceptors (Lipinski definition) is 3. The zero-order chi connectivity index (χ0) is 11.1. The lowest BCUT2D eigenvalue weighted by molar-refractivity contribution is 0.140. The molecule has 0 aromatic carbocycles. The summed E-state index contributed by atoms with van der Waals surface area (Å²) in [6.45, 7) is 3.65. The van der Waals surface area contributed by atoms with Crippen LogP contribution in [0, 0.1) is 0 Å². The monoisotopic (exact) mass is 211 g/mol. The van der Waals surface area contributed by atoms with Gasteiger partial charge in [-0.05, 0) is 26.8 Å². The van der Waals surface area contributed by atoms with Crippen molar-refractivity contribution >= 4 is 0 Å². The highest BCUT2D eigenvalue weighted by molar-refractivity contribution is 4.98. The van der Waals surface area contributed by atoms with Crippen LogP contribution in [0.1, 0.15) is 31.6 Å². The molecule has 86 valence electrons. The van der Waals surface area contributed by atoms with Crippen LogP contribution in [-0.2, 0) is 11.8 Å². The van der Waals surface area contributed by atoms with E-state index in [9.17, 15) is 0 Å². The van der Waals surface area contributed by atoms with Crippen molar-refractivity contribution in [2.24, 2.45) is 7.05 Å². The Hall–Kier alpha value is -0.870. The van der Waals surface area contributed by atoms with Crippen molar-refractivity contribution in [1.29, 1.82) is 0 Å². The van der Waals surface area contributed by atoms with Gasteiger partial charge in [0.25, 0.3) is 0 Å². The molecule has 0 spiro atoms. The van der Waals surface area contributed by atoms with Crippen molar-refractivity contribution in [3.63, 3.8) is 0 Å². The summed E-state index contributed by atoms with van der Waals surface area (Å²) in [6, 6.07) is 0.324. The van der Waals surface area contributed by atoms with E-state index in [1.165, 1.54) is 0 Å². The number of rotatable bonds is 7. The molecule has 1 atom stereocenters. The topological polar surface area (TPSA) is 39.1 Å². The van der Waals surface area contributed by atoms with Gasteiger partial charge in [0.2, 0.25) is 0 Å². The maximum Gasteiger partial charge on any atom is 0.125 e. The average Bonchev–Trinajstić information content (AvgIpc) is 2.65. The van der Waals surface area contributed by atoms with E-state index in [-0.39, 0.29) is 0 Å². The van der Waals surface area contributed by atoms with Crippen LogP contribution in [0.15, 0.2) is 12.4 Å². The number of nitrogens with zero attached hydrogens (tertiary/aromatic N) is 2. The maximum absolute atomic E-state index is 5.32. The van der Waals surface area contributed by atoms with Gasteiger partial charge in [-0.3, -0.25) is 0 Å². The first kappa shape index (κ1) is 12.2. The summed E-state index contributed by atoms with van der Waals surface area (Å²) in [6.07, 6.45) is 5.93. The molecule has 0 aliphatic rings. The molecule has 1 heterocycles. The number of hydrogen-bond donors (Lipinski definition) is 1. The van der Waals surface area contributed by atoms with Crippen molar-refractivity contribution in [1.82, 2.24) is 14.9 Å². The fraction of sp³-hybridized carbons (Fsp3) is 0.727. The maximum atomic E-state index is 5.32.